The normalized spacial score (nSPS) is 11.1. The predicted molar refractivity (Wildman–Crippen MR) is 173 cm³/mol. The van der Waals surface area contributed by atoms with Gasteiger partial charge in [0.2, 0.25) is 0 Å². The van der Waals surface area contributed by atoms with E-state index in [4.69, 9.17) is 21.1 Å². The summed E-state index contributed by atoms with van der Waals surface area (Å²) in [7, 11) is -3.86. The SMILES string of the molecule is O=C(NN=Cc1ccc(OC(=O)c2ccccc2)cc1OC(=O)c1ccccc1)c1ccc(NS(=O)(=O)c2ccc(Cl)cc2)cc1. The molecule has 0 atom stereocenters. The van der Waals surface area contributed by atoms with Crippen molar-refractivity contribution in [2.75, 3.05) is 4.72 Å². The van der Waals surface area contributed by atoms with Crippen molar-refractivity contribution >= 4 is 51.4 Å². The number of halogens is 1. The molecule has 5 rings (SSSR count). The number of sulfonamides is 1. The van der Waals surface area contributed by atoms with Gasteiger partial charge < -0.3 is 9.47 Å². The lowest BCUT2D eigenvalue weighted by atomic mass is 10.2. The molecule has 0 heterocycles. The van der Waals surface area contributed by atoms with E-state index in [2.05, 4.69) is 15.2 Å². The van der Waals surface area contributed by atoms with Crippen molar-refractivity contribution in [2.45, 2.75) is 4.90 Å². The van der Waals surface area contributed by atoms with Crippen molar-refractivity contribution in [2.24, 2.45) is 5.10 Å². The molecule has 0 bridgehead atoms. The van der Waals surface area contributed by atoms with Gasteiger partial charge in [-0.25, -0.2) is 23.4 Å². The number of carbonyl (C=O) groups excluding carboxylic acids is 3. The molecule has 0 aliphatic heterocycles. The molecule has 0 fully saturated rings. The van der Waals surface area contributed by atoms with Gasteiger partial charge in [0.05, 0.1) is 22.2 Å². The van der Waals surface area contributed by atoms with Crippen molar-refractivity contribution in [3.63, 3.8) is 0 Å². The van der Waals surface area contributed by atoms with Crippen LogP contribution in [0.1, 0.15) is 36.6 Å². The first-order valence-corrected chi connectivity index (χ1v) is 15.4. The Kier molecular flexibility index (Phi) is 9.86. The number of nitrogens with zero attached hydrogens (tertiary/aromatic N) is 1. The number of hydrazone groups is 1. The minimum absolute atomic E-state index is 0.0301. The summed E-state index contributed by atoms with van der Waals surface area (Å²) in [4.78, 5) is 38.1. The molecule has 0 aliphatic carbocycles. The van der Waals surface area contributed by atoms with Gasteiger partial charge in [0, 0.05) is 27.9 Å². The molecule has 1 amide bonds. The summed E-state index contributed by atoms with van der Waals surface area (Å²) < 4.78 is 38.7. The van der Waals surface area contributed by atoms with Crippen LogP contribution >= 0.6 is 11.6 Å². The van der Waals surface area contributed by atoms with E-state index in [0.717, 1.165) is 0 Å². The summed E-state index contributed by atoms with van der Waals surface area (Å²) in [5.41, 5.74) is 3.76. The zero-order valence-electron chi connectivity index (χ0n) is 23.8. The molecule has 230 valence electrons. The first-order chi connectivity index (χ1) is 22.2. The minimum Gasteiger partial charge on any atom is -0.423 e. The molecule has 0 saturated carbocycles. The summed E-state index contributed by atoms with van der Waals surface area (Å²) in [5, 5.41) is 4.38. The summed E-state index contributed by atoms with van der Waals surface area (Å²) >= 11 is 5.83. The number of nitrogens with one attached hydrogen (secondary N) is 2. The third kappa shape index (κ3) is 8.23. The van der Waals surface area contributed by atoms with Crippen LogP contribution in [0.4, 0.5) is 5.69 Å². The molecule has 2 N–H and O–H groups in total. The maximum Gasteiger partial charge on any atom is 0.343 e. The van der Waals surface area contributed by atoms with Crippen LogP contribution in [0.3, 0.4) is 0 Å². The van der Waals surface area contributed by atoms with Gasteiger partial charge in [-0.15, -0.1) is 0 Å². The van der Waals surface area contributed by atoms with Crippen molar-refractivity contribution in [1.29, 1.82) is 0 Å². The number of amides is 1. The molecular weight excluding hydrogens is 630 g/mol. The van der Waals surface area contributed by atoms with Crippen molar-refractivity contribution in [3.8, 4) is 11.5 Å². The Morgan fingerprint density at radius 3 is 1.87 bits per heavy atom. The lowest BCUT2D eigenvalue weighted by Gasteiger charge is -2.11. The van der Waals surface area contributed by atoms with E-state index in [1.54, 1.807) is 60.7 Å². The Balaban J connectivity index is 1.28. The molecule has 0 unspecified atom stereocenters. The highest BCUT2D eigenvalue weighted by Crippen LogP contribution is 2.26. The van der Waals surface area contributed by atoms with Crippen molar-refractivity contribution in [3.05, 3.63) is 155 Å². The molecule has 0 aliphatic rings. The number of carbonyl (C=O) groups is 3. The first kappa shape index (κ1) is 31.6. The van der Waals surface area contributed by atoms with Crippen LogP contribution in [-0.2, 0) is 10.0 Å². The van der Waals surface area contributed by atoms with E-state index in [9.17, 15) is 22.8 Å². The van der Waals surface area contributed by atoms with Crippen LogP contribution in [0.5, 0.6) is 11.5 Å². The fourth-order valence-electron chi connectivity index (χ4n) is 3.99. The number of esters is 2. The van der Waals surface area contributed by atoms with Crippen LogP contribution < -0.4 is 19.6 Å². The lowest BCUT2D eigenvalue weighted by Crippen LogP contribution is -2.18. The predicted octanol–water partition coefficient (Wildman–Crippen LogP) is 6.34. The molecule has 0 saturated heterocycles. The van der Waals surface area contributed by atoms with Crippen LogP contribution in [0.2, 0.25) is 5.02 Å². The average molecular weight is 654 g/mol. The Hall–Kier alpha value is -5.78. The standard InChI is InChI=1S/C34H24ClN3O7S/c35-27-14-19-30(20-15-27)46(42,43)38-28-16-11-23(12-17-28)32(39)37-36-22-26-13-18-29(44-33(40)24-7-3-1-4-8-24)21-31(26)45-34(41)25-9-5-2-6-10-25/h1-22,38H,(H,37,39). The third-order valence-electron chi connectivity index (χ3n) is 6.31. The number of anilines is 1. The minimum atomic E-state index is -3.86. The van der Waals surface area contributed by atoms with Gasteiger partial charge in [0.25, 0.3) is 15.9 Å². The second kappa shape index (κ2) is 14.3. The molecule has 10 nitrogen and oxygen atoms in total. The van der Waals surface area contributed by atoms with Gasteiger partial charge in [0.1, 0.15) is 11.5 Å². The number of hydrogen-bond donors (Lipinski definition) is 2. The summed E-state index contributed by atoms with van der Waals surface area (Å²) in [6.45, 7) is 0. The van der Waals surface area contributed by atoms with E-state index in [1.165, 1.54) is 72.9 Å². The monoisotopic (exact) mass is 653 g/mol. The molecule has 0 spiro atoms. The average Bonchev–Trinajstić information content (AvgIpc) is 3.06. The van der Waals surface area contributed by atoms with Crippen LogP contribution in [0, 0.1) is 0 Å². The second-order valence-electron chi connectivity index (χ2n) is 9.55. The van der Waals surface area contributed by atoms with E-state index < -0.39 is 27.9 Å². The Morgan fingerprint density at radius 1 is 0.674 bits per heavy atom. The van der Waals surface area contributed by atoms with E-state index in [1.807, 2.05) is 0 Å². The Bertz CT molecular complexity index is 2000. The van der Waals surface area contributed by atoms with Crippen molar-refractivity contribution in [1.82, 2.24) is 5.43 Å². The molecule has 0 aromatic heterocycles. The fraction of sp³-hybridized carbons (Fsp3) is 0. The number of hydrogen-bond acceptors (Lipinski definition) is 8. The number of rotatable bonds is 10. The molecular formula is C34H24ClN3O7S. The summed E-state index contributed by atoms with van der Waals surface area (Å²) in [5.74, 6) is -1.68. The van der Waals surface area contributed by atoms with E-state index in [0.29, 0.717) is 21.7 Å². The Labute approximate surface area is 269 Å². The highest BCUT2D eigenvalue weighted by atomic mass is 35.5. The van der Waals surface area contributed by atoms with Gasteiger partial charge in [0.15, 0.2) is 0 Å². The zero-order chi connectivity index (χ0) is 32.5. The molecule has 0 radical (unpaired) electrons. The number of benzene rings is 5. The van der Waals surface area contributed by atoms with E-state index >= 15 is 0 Å². The van der Waals surface area contributed by atoms with Gasteiger partial charge in [-0.05, 0) is 84.9 Å². The topological polar surface area (TPSA) is 140 Å². The summed E-state index contributed by atoms with van der Waals surface area (Å²) in [6.07, 6.45) is 1.27. The molecule has 5 aromatic carbocycles. The Morgan fingerprint density at radius 2 is 1.26 bits per heavy atom. The first-order valence-electron chi connectivity index (χ1n) is 13.6. The van der Waals surface area contributed by atoms with Crippen molar-refractivity contribution < 1.29 is 32.3 Å². The highest BCUT2D eigenvalue weighted by molar-refractivity contribution is 7.92. The largest absolute Gasteiger partial charge is 0.423 e. The number of ether oxygens (including phenoxy) is 2. The van der Waals surface area contributed by atoms with Gasteiger partial charge >= 0.3 is 11.9 Å². The van der Waals surface area contributed by atoms with Crippen LogP contribution in [-0.4, -0.2) is 32.5 Å². The molecule has 5 aromatic rings. The quantitative estimate of drug-likeness (QED) is 0.0775. The third-order valence-corrected chi connectivity index (χ3v) is 7.96. The molecule has 46 heavy (non-hydrogen) atoms. The smallest absolute Gasteiger partial charge is 0.343 e. The van der Waals surface area contributed by atoms with Crippen LogP contribution in [0.15, 0.2) is 137 Å². The van der Waals surface area contributed by atoms with Gasteiger partial charge in [-0.3, -0.25) is 9.52 Å². The van der Waals surface area contributed by atoms with Gasteiger partial charge in [-0.1, -0.05) is 48.0 Å². The second-order valence-corrected chi connectivity index (χ2v) is 11.7. The molecule has 12 heteroatoms. The lowest BCUT2D eigenvalue weighted by molar-refractivity contribution is 0.0731. The van der Waals surface area contributed by atoms with Crippen LogP contribution in [0.25, 0.3) is 0 Å². The van der Waals surface area contributed by atoms with E-state index in [-0.39, 0.29) is 27.6 Å². The maximum absolute atomic E-state index is 12.8. The fourth-order valence-corrected chi connectivity index (χ4v) is 5.17. The summed E-state index contributed by atoms with van der Waals surface area (Å²) in [6, 6.07) is 32.5. The van der Waals surface area contributed by atoms with Gasteiger partial charge in [-0.2, -0.15) is 5.10 Å². The zero-order valence-corrected chi connectivity index (χ0v) is 25.4. The highest BCUT2D eigenvalue weighted by Gasteiger charge is 2.16. The maximum atomic E-state index is 12.8.